The van der Waals surface area contributed by atoms with Crippen molar-refractivity contribution in [1.82, 2.24) is 9.80 Å². The zero-order valence-corrected chi connectivity index (χ0v) is 15.6. The van der Waals surface area contributed by atoms with Gasteiger partial charge in [0.05, 0.1) is 0 Å². The van der Waals surface area contributed by atoms with Crippen molar-refractivity contribution in [2.75, 3.05) is 19.6 Å². The Kier molecular flexibility index (Phi) is 7.15. The van der Waals surface area contributed by atoms with Gasteiger partial charge in [0.15, 0.2) is 11.6 Å². The Morgan fingerprint density at radius 3 is 2.41 bits per heavy atom. The van der Waals surface area contributed by atoms with E-state index in [-0.39, 0.29) is 37.9 Å². The highest BCUT2D eigenvalue weighted by Gasteiger charge is 2.38. The highest BCUT2D eigenvalue weighted by Crippen LogP contribution is 2.21. The van der Waals surface area contributed by atoms with E-state index >= 15 is 0 Å². The maximum atomic E-state index is 13.7. The first-order valence-electron chi connectivity index (χ1n) is 8.93. The van der Waals surface area contributed by atoms with E-state index in [2.05, 4.69) is 0 Å². The number of halogens is 6. The second-order valence-electron chi connectivity index (χ2n) is 7.02. The Labute approximate surface area is 163 Å². The van der Waals surface area contributed by atoms with Gasteiger partial charge in [0.1, 0.15) is 18.4 Å². The number of amides is 2. The predicted molar refractivity (Wildman–Crippen MR) is 91.0 cm³/mol. The van der Waals surface area contributed by atoms with Crippen LogP contribution in [0, 0.1) is 17.5 Å². The summed E-state index contributed by atoms with van der Waals surface area (Å²) in [4.78, 5) is 26.6. The molecule has 1 aromatic carbocycles. The molecule has 1 heterocycles. The lowest BCUT2D eigenvalue weighted by Gasteiger charge is -2.29. The number of carbonyl (C=O) groups excluding carboxylic acids is 2. The van der Waals surface area contributed by atoms with Crippen molar-refractivity contribution >= 4 is 11.8 Å². The van der Waals surface area contributed by atoms with Gasteiger partial charge in [0.25, 0.3) is 0 Å². The number of carbonyl (C=O) groups is 2. The molecule has 1 saturated heterocycles. The summed E-state index contributed by atoms with van der Waals surface area (Å²) in [5, 5.41) is 0. The van der Waals surface area contributed by atoms with Crippen LogP contribution >= 0.6 is 0 Å². The summed E-state index contributed by atoms with van der Waals surface area (Å²) in [6.45, 7) is -0.145. The number of rotatable bonds is 5. The smallest absolute Gasteiger partial charge is 0.332 e. The lowest BCUT2D eigenvalue weighted by molar-refractivity contribution is -0.163. The molecule has 0 saturated carbocycles. The van der Waals surface area contributed by atoms with Crippen LogP contribution in [0.3, 0.4) is 0 Å². The molecule has 2 atom stereocenters. The van der Waals surface area contributed by atoms with Gasteiger partial charge in [0, 0.05) is 31.6 Å². The molecule has 29 heavy (non-hydrogen) atoms. The molecule has 1 aliphatic rings. The monoisotopic (exact) mass is 425 g/mol. The Bertz CT molecular complexity index is 771. The molecule has 1 aliphatic heterocycles. The summed E-state index contributed by atoms with van der Waals surface area (Å²) in [5.74, 6) is -5.02. The quantitative estimate of drug-likeness (QED) is 0.582. The van der Waals surface area contributed by atoms with Crippen LogP contribution in [0.4, 0.5) is 26.3 Å². The van der Waals surface area contributed by atoms with Crippen molar-refractivity contribution in [3.63, 3.8) is 0 Å². The third-order valence-corrected chi connectivity index (χ3v) is 4.66. The van der Waals surface area contributed by atoms with Crippen LogP contribution in [0.15, 0.2) is 12.1 Å². The van der Waals surface area contributed by atoms with E-state index in [4.69, 9.17) is 5.73 Å². The summed E-state index contributed by atoms with van der Waals surface area (Å²) in [7, 11) is 0. The third kappa shape index (κ3) is 6.09. The summed E-state index contributed by atoms with van der Waals surface area (Å²) in [5.41, 5.74) is 5.62. The molecule has 162 valence electrons. The third-order valence-electron chi connectivity index (χ3n) is 4.66. The van der Waals surface area contributed by atoms with Crippen molar-refractivity contribution in [3.05, 3.63) is 35.1 Å². The number of hydrogen-bond acceptors (Lipinski definition) is 3. The summed E-state index contributed by atoms with van der Waals surface area (Å²) >= 11 is 0. The van der Waals surface area contributed by atoms with E-state index in [1.54, 1.807) is 0 Å². The molecule has 2 amide bonds. The van der Waals surface area contributed by atoms with Crippen LogP contribution in [0.25, 0.3) is 0 Å². The molecule has 1 aromatic rings. The molecular weight excluding hydrogens is 404 g/mol. The maximum absolute atomic E-state index is 13.7. The Morgan fingerprint density at radius 2 is 1.79 bits per heavy atom. The largest absolute Gasteiger partial charge is 0.406 e. The van der Waals surface area contributed by atoms with Crippen LogP contribution in [-0.4, -0.2) is 59.5 Å². The predicted octanol–water partition coefficient (Wildman–Crippen LogP) is 2.38. The van der Waals surface area contributed by atoms with Crippen molar-refractivity contribution in [2.24, 2.45) is 5.73 Å². The van der Waals surface area contributed by atoms with Crippen molar-refractivity contribution < 1.29 is 35.9 Å². The zero-order chi connectivity index (χ0) is 21.9. The summed E-state index contributed by atoms with van der Waals surface area (Å²) in [6.07, 6.45) is -4.99. The van der Waals surface area contributed by atoms with Crippen molar-refractivity contribution in [3.8, 4) is 0 Å². The number of alkyl halides is 3. The Hall–Kier alpha value is -2.30. The molecule has 2 rings (SSSR count). The second-order valence-corrected chi connectivity index (χ2v) is 7.02. The number of nitrogens with zero attached hydrogens (tertiary/aromatic N) is 2. The molecule has 0 aliphatic carbocycles. The Balaban J connectivity index is 2.02. The summed E-state index contributed by atoms with van der Waals surface area (Å²) in [6, 6.07) is -1.04. The molecule has 0 bridgehead atoms. The Morgan fingerprint density at radius 1 is 1.17 bits per heavy atom. The minimum absolute atomic E-state index is 0.0619. The standard InChI is InChI=1S/C18H21F6N3O2/c1-10-17(29)26(9-18(22,23)24)3-2-4-27(10)16(28)7-12(25)5-11-6-14(20)15(21)8-13(11)19/h6,8,10,12H,2-5,7,9,25H2,1H3/t10?,12-/m1/s1. The lowest BCUT2D eigenvalue weighted by Crippen LogP contribution is -2.49. The van der Waals surface area contributed by atoms with Gasteiger partial charge in [-0.25, -0.2) is 13.2 Å². The highest BCUT2D eigenvalue weighted by atomic mass is 19.4. The molecule has 0 radical (unpaired) electrons. The minimum atomic E-state index is -4.55. The van der Waals surface area contributed by atoms with Gasteiger partial charge in [-0.1, -0.05) is 0 Å². The fourth-order valence-corrected chi connectivity index (χ4v) is 3.26. The van der Waals surface area contributed by atoms with Gasteiger partial charge >= 0.3 is 6.18 Å². The van der Waals surface area contributed by atoms with E-state index in [9.17, 15) is 35.9 Å². The highest BCUT2D eigenvalue weighted by molar-refractivity contribution is 5.88. The van der Waals surface area contributed by atoms with E-state index in [0.717, 1.165) is 4.90 Å². The minimum Gasteiger partial charge on any atom is -0.332 e. The zero-order valence-electron chi connectivity index (χ0n) is 15.6. The molecule has 2 N–H and O–H groups in total. The van der Waals surface area contributed by atoms with Gasteiger partial charge in [-0.3, -0.25) is 9.59 Å². The van der Waals surface area contributed by atoms with Crippen LogP contribution in [-0.2, 0) is 16.0 Å². The average Bonchev–Trinajstić information content (AvgIpc) is 2.72. The second kappa shape index (κ2) is 9.02. The molecule has 0 aromatic heterocycles. The van der Waals surface area contributed by atoms with Crippen molar-refractivity contribution in [2.45, 2.75) is 44.4 Å². The SMILES string of the molecule is CC1C(=O)N(CC(F)(F)F)CCCN1C(=O)C[C@H](N)Cc1cc(F)c(F)cc1F. The van der Waals surface area contributed by atoms with Crippen LogP contribution < -0.4 is 5.73 Å². The topological polar surface area (TPSA) is 66.6 Å². The van der Waals surface area contributed by atoms with Gasteiger partial charge in [-0.05, 0) is 31.4 Å². The van der Waals surface area contributed by atoms with E-state index in [1.165, 1.54) is 6.92 Å². The maximum Gasteiger partial charge on any atom is 0.406 e. The van der Waals surface area contributed by atoms with Gasteiger partial charge in [0.2, 0.25) is 11.8 Å². The molecular formula is C18H21F6N3O2. The number of benzene rings is 1. The number of hydrogen-bond donors (Lipinski definition) is 1. The normalized spacial score (nSPS) is 19.3. The first kappa shape index (κ1) is 23.0. The fraction of sp³-hybridized carbons (Fsp3) is 0.556. The average molecular weight is 425 g/mol. The van der Waals surface area contributed by atoms with Gasteiger partial charge < -0.3 is 15.5 Å². The lowest BCUT2D eigenvalue weighted by atomic mass is 10.0. The fourth-order valence-electron chi connectivity index (χ4n) is 3.26. The van der Waals surface area contributed by atoms with Crippen LogP contribution in [0.5, 0.6) is 0 Å². The first-order chi connectivity index (χ1) is 13.4. The first-order valence-corrected chi connectivity index (χ1v) is 8.93. The number of nitrogens with two attached hydrogens (primary N) is 1. The van der Waals surface area contributed by atoms with Crippen LogP contribution in [0.1, 0.15) is 25.3 Å². The van der Waals surface area contributed by atoms with Crippen molar-refractivity contribution in [1.29, 1.82) is 0 Å². The molecule has 1 unspecified atom stereocenters. The van der Waals surface area contributed by atoms with Crippen LogP contribution in [0.2, 0.25) is 0 Å². The molecule has 11 heteroatoms. The van der Waals surface area contributed by atoms with E-state index in [0.29, 0.717) is 17.0 Å². The molecule has 5 nitrogen and oxygen atoms in total. The van der Waals surface area contributed by atoms with E-state index < -0.39 is 54.1 Å². The molecule has 1 fully saturated rings. The summed E-state index contributed by atoms with van der Waals surface area (Å²) < 4.78 is 77.9. The van der Waals surface area contributed by atoms with E-state index in [1.807, 2.05) is 0 Å². The molecule has 0 spiro atoms. The van der Waals surface area contributed by atoms with Gasteiger partial charge in [-0.2, -0.15) is 13.2 Å². The van der Waals surface area contributed by atoms with Gasteiger partial charge in [-0.15, -0.1) is 0 Å².